The Balaban J connectivity index is 1.98. The van der Waals surface area contributed by atoms with Crippen molar-refractivity contribution in [3.8, 4) is 0 Å². The highest BCUT2D eigenvalue weighted by molar-refractivity contribution is 5.77. The van der Waals surface area contributed by atoms with Gasteiger partial charge in [-0.2, -0.15) is 0 Å². The van der Waals surface area contributed by atoms with E-state index in [2.05, 4.69) is 59.0 Å². The van der Waals surface area contributed by atoms with Crippen molar-refractivity contribution in [3.63, 3.8) is 0 Å². The third-order valence-electron chi connectivity index (χ3n) is 4.65. The van der Waals surface area contributed by atoms with Crippen LogP contribution in [0.5, 0.6) is 0 Å². The van der Waals surface area contributed by atoms with E-state index in [0.29, 0.717) is 5.92 Å². The van der Waals surface area contributed by atoms with Crippen LogP contribution in [0.15, 0.2) is 24.5 Å². The summed E-state index contributed by atoms with van der Waals surface area (Å²) in [6.45, 7) is 3.34. The van der Waals surface area contributed by atoms with Crippen molar-refractivity contribution in [2.45, 2.75) is 25.7 Å². The summed E-state index contributed by atoms with van der Waals surface area (Å²) in [5, 5.41) is 0. The molecule has 1 unspecified atom stereocenters. The number of fused-ring (bicyclic) bond motifs is 2. The van der Waals surface area contributed by atoms with Crippen molar-refractivity contribution in [3.05, 3.63) is 41.2 Å². The zero-order valence-electron chi connectivity index (χ0n) is 12.8. The maximum atomic E-state index is 4.63. The molecule has 0 amide bonds. The minimum Gasteiger partial charge on any atom is -0.362 e. The molecule has 21 heavy (non-hydrogen) atoms. The monoisotopic (exact) mass is 280 g/mol. The molecule has 0 aliphatic carbocycles. The Labute approximate surface area is 125 Å². The molecule has 1 aromatic carbocycles. The quantitative estimate of drug-likeness (QED) is 0.804. The third-order valence-corrected chi connectivity index (χ3v) is 4.65. The van der Waals surface area contributed by atoms with Crippen LogP contribution in [-0.4, -0.2) is 30.6 Å². The molecule has 1 atom stereocenters. The summed E-state index contributed by atoms with van der Waals surface area (Å²) >= 11 is 0. The SMILES string of the molecule is CC1Cc2c(N(C)C)ncnc2N2CCc3cccc1c32. The number of anilines is 3. The molecule has 4 rings (SSSR count). The highest BCUT2D eigenvalue weighted by Gasteiger charge is 2.32. The molecule has 1 aromatic heterocycles. The lowest BCUT2D eigenvalue weighted by atomic mass is 9.92. The largest absolute Gasteiger partial charge is 0.362 e. The second-order valence-corrected chi connectivity index (χ2v) is 6.26. The molecule has 0 bridgehead atoms. The van der Waals surface area contributed by atoms with Gasteiger partial charge in [-0.15, -0.1) is 0 Å². The van der Waals surface area contributed by atoms with E-state index in [1.807, 2.05) is 0 Å². The molecule has 2 aliphatic rings. The number of rotatable bonds is 1. The Morgan fingerprint density at radius 3 is 2.90 bits per heavy atom. The van der Waals surface area contributed by atoms with E-state index in [9.17, 15) is 0 Å². The fourth-order valence-corrected chi connectivity index (χ4v) is 3.71. The predicted molar refractivity (Wildman–Crippen MR) is 85.6 cm³/mol. The molecular weight excluding hydrogens is 260 g/mol. The first kappa shape index (κ1) is 12.6. The van der Waals surface area contributed by atoms with Crippen molar-refractivity contribution in [2.75, 3.05) is 30.4 Å². The summed E-state index contributed by atoms with van der Waals surface area (Å²) in [5.74, 6) is 2.64. The fraction of sp³-hybridized carbons (Fsp3) is 0.412. The lowest BCUT2D eigenvalue weighted by Crippen LogP contribution is -2.20. The Morgan fingerprint density at radius 2 is 2.10 bits per heavy atom. The van der Waals surface area contributed by atoms with Crippen LogP contribution < -0.4 is 9.80 Å². The van der Waals surface area contributed by atoms with Crippen LogP contribution in [0.1, 0.15) is 29.5 Å². The minimum atomic E-state index is 0.492. The molecule has 4 nitrogen and oxygen atoms in total. The van der Waals surface area contributed by atoms with Crippen LogP contribution in [0.25, 0.3) is 0 Å². The number of aromatic nitrogens is 2. The molecular formula is C17H20N4. The van der Waals surface area contributed by atoms with Gasteiger partial charge in [0, 0.05) is 31.9 Å². The van der Waals surface area contributed by atoms with Crippen LogP contribution in [-0.2, 0) is 12.8 Å². The van der Waals surface area contributed by atoms with Gasteiger partial charge in [0.1, 0.15) is 18.0 Å². The molecule has 0 radical (unpaired) electrons. The average molecular weight is 280 g/mol. The molecule has 0 fully saturated rings. The maximum Gasteiger partial charge on any atom is 0.141 e. The molecule has 4 heteroatoms. The van der Waals surface area contributed by atoms with Crippen LogP contribution >= 0.6 is 0 Å². The fourth-order valence-electron chi connectivity index (χ4n) is 3.71. The first-order chi connectivity index (χ1) is 10.2. The molecule has 0 N–H and O–H groups in total. The lowest BCUT2D eigenvalue weighted by Gasteiger charge is -2.23. The molecule has 2 aliphatic heterocycles. The predicted octanol–water partition coefficient (Wildman–Crippen LogP) is 2.90. The first-order valence-electron chi connectivity index (χ1n) is 7.57. The van der Waals surface area contributed by atoms with E-state index in [4.69, 9.17) is 0 Å². The van der Waals surface area contributed by atoms with E-state index >= 15 is 0 Å². The summed E-state index contributed by atoms with van der Waals surface area (Å²) in [5.41, 5.74) is 5.58. The summed E-state index contributed by atoms with van der Waals surface area (Å²) < 4.78 is 0. The molecule has 0 saturated heterocycles. The van der Waals surface area contributed by atoms with Crippen LogP contribution in [0.4, 0.5) is 17.3 Å². The van der Waals surface area contributed by atoms with Crippen LogP contribution in [0.3, 0.4) is 0 Å². The van der Waals surface area contributed by atoms with Crippen molar-refractivity contribution >= 4 is 17.3 Å². The summed E-state index contributed by atoms with van der Waals surface area (Å²) in [6, 6.07) is 6.73. The lowest BCUT2D eigenvalue weighted by molar-refractivity contribution is 0.760. The molecule has 0 spiro atoms. The molecule has 2 aromatic rings. The maximum absolute atomic E-state index is 4.63. The molecule has 0 saturated carbocycles. The van der Waals surface area contributed by atoms with Crippen molar-refractivity contribution in [1.82, 2.24) is 9.97 Å². The number of nitrogens with zero attached hydrogens (tertiary/aromatic N) is 4. The summed E-state index contributed by atoms with van der Waals surface area (Å²) in [6.07, 6.45) is 3.80. The van der Waals surface area contributed by atoms with Crippen LogP contribution in [0, 0.1) is 0 Å². The molecule has 3 heterocycles. The standard InChI is InChI=1S/C17H20N4/c1-11-9-14-16(20(2)3)18-10-19-17(14)21-8-7-12-5-4-6-13(11)15(12)21/h4-6,10-11H,7-9H2,1-3H3. The second-order valence-electron chi connectivity index (χ2n) is 6.26. The smallest absolute Gasteiger partial charge is 0.141 e. The Bertz CT molecular complexity index is 708. The zero-order valence-corrected chi connectivity index (χ0v) is 12.8. The normalized spacial score (nSPS) is 19.0. The van der Waals surface area contributed by atoms with Gasteiger partial charge in [-0.05, 0) is 29.9 Å². The Morgan fingerprint density at radius 1 is 1.24 bits per heavy atom. The van der Waals surface area contributed by atoms with Crippen molar-refractivity contribution in [2.24, 2.45) is 0 Å². The topological polar surface area (TPSA) is 32.3 Å². The van der Waals surface area contributed by atoms with E-state index in [0.717, 1.165) is 31.0 Å². The second kappa shape index (κ2) is 4.45. The highest BCUT2D eigenvalue weighted by Crippen LogP contribution is 2.46. The number of para-hydroxylation sites is 1. The number of benzene rings is 1. The minimum absolute atomic E-state index is 0.492. The van der Waals surface area contributed by atoms with Gasteiger partial charge in [0.25, 0.3) is 0 Å². The van der Waals surface area contributed by atoms with Crippen molar-refractivity contribution < 1.29 is 0 Å². The van der Waals surface area contributed by atoms with E-state index in [1.54, 1.807) is 6.33 Å². The van der Waals surface area contributed by atoms with Gasteiger partial charge in [0.05, 0.1) is 0 Å². The number of hydrogen-bond acceptors (Lipinski definition) is 4. The Hall–Kier alpha value is -2.10. The van der Waals surface area contributed by atoms with E-state index < -0.39 is 0 Å². The van der Waals surface area contributed by atoms with Gasteiger partial charge in [-0.25, -0.2) is 9.97 Å². The summed E-state index contributed by atoms with van der Waals surface area (Å²) in [7, 11) is 4.11. The first-order valence-corrected chi connectivity index (χ1v) is 7.57. The zero-order chi connectivity index (χ0) is 14.6. The van der Waals surface area contributed by atoms with E-state index in [1.165, 1.54) is 22.4 Å². The average Bonchev–Trinajstić information content (AvgIpc) is 2.85. The van der Waals surface area contributed by atoms with Crippen LogP contribution in [0.2, 0.25) is 0 Å². The van der Waals surface area contributed by atoms with Gasteiger partial charge >= 0.3 is 0 Å². The van der Waals surface area contributed by atoms with Gasteiger partial charge in [-0.1, -0.05) is 25.1 Å². The highest BCUT2D eigenvalue weighted by atomic mass is 15.2. The van der Waals surface area contributed by atoms with Gasteiger partial charge in [0.15, 0.2) is 0 Å². The summed E-state index contributed by atoms with van der Waals surface area (Å²) in [4.78, 5) is 13.6. The van der Waals surface area contributed by atoms with Gasteiger partial charge < -0.3 is 9.80 Å². The van der Waals surface area contributed by atoms with Gasteiger partial charge in [-0.3, -0.25) is 0 Å². The van der Waals surface area contributed by atoms with Crippen molar-refractivity contribution in [1.29, 1.82) is 0 Å². The number of hydrogen-bond donors (Lipinski definition) is 0. The van der Waals surface area contributed by atoms with E-state index in [-0.39, 0.29) is 0 Å². The van der Waals surface area contributed by atoms with Gasteiger partial charge in [0.2, 0.25) is 0 Å². The third kappa shape index (κ3) is 1.75. The Kier molecular flexibility index (Phi) is 2.67. The molecule has 108 valence electrons.